The molecule has 0 rings (SSSR count). The van der Waals surface area contributed by atoms with Gasteiger partial charge in [0.1, 0.15) is 0 Å². The Kier molecular flexibility index (Phi) is 13.1. The quantitative estimate of drug-likeness (QED) is 0.268. The van der Waals surface area contributed by atoms with Crippen LogP contribution >= 0.6 is 0 Å². The highest BCUT2D eigenvalue weighted by Gasteiger charge is 2.07. The number of unbranched alkanes of at least 4 members (excludes halogenated alkanes) is 7. The summed E-state index contributed by atoms with van der Waals surface area (Å²) in [4.78, 5) is 11.7. The first-order valence-electron chi connectivity index (χ1n) is 8.12. The van der Waals surface area contributed by atoms with E-state index in [-0.39, 0.29) is 5.97 Å². The minimum atomic E-state index is -0.118. The van der Waals surface area contributed by atoms with Crippen molar-refractivity contribution in [2.75, 3.05) is 6.61 Å². The smallest absolute Gasteiger partial charge is 0.333 e. The summed E-state index contributed by atoms with van der Waals surface area (Å²) >= 11 is 0. The van der Waals surface area contributed by atoms with Crippen LogP contribution in [0.1, 0.15) is 85.0 Å². The largest absolute Gasteiger partial charge is 0.462 e. The molecule has 0 N–H and O–H groups in total. The van der Waals surface area contributed by atoms with Crippen molar-refractivity contribution in [3.63, 3.8) is 0 Å². The Morgan fingerprint density at radius 2 is 1.53 bits per heavy atom. The number of esters is 1. The Bertz CT molecular complexity index is 244. The van der Waals surface area contributed by atoms with Crippen molar-refractivity contribution in [2.45, 2.75) is 85.0 Å². The third-order valence-corrected chi connectivity index (χ3v) is 3.28. The minimum absolute atomic E-state index is 0.118. The standard InChI is InChI=1S/C17H32O2/c1-4-7-8-9-10-11-12-13-14-16(6-3)17(18)19-15-5-2/h14H,4-13,15H2,1-3H3. The van der Waals surface area contributed by atoms with Crippen LogP contribution in [0.3, 0.4) is 0 Å². The molecule has 0 aliphatic carbocycles. The van der Waals surface area contributed by atoms with Crippen LogP contribution in [0.2, 0.25) is 0 Å². The second-order valence-corrected chi connectivity index (χ2v) is 5.13. The molecule has 0 aromatic rings. The van der Waals surface area contributed by atoms with Gasteiger partial charge in [-0.05, 0) is 25.7 Å². The van der Waals surface area contributed by atoms with Gasteiger partial charge in [-0.1, -0.05) is 65.4 Å². The van der Waals surface area contributed by atoms with Crippen LogP contribution in [0.15, 0.2) is 11.6 Å². The van der Waals surface area contributed by atoms with E-state index in [1.165, 1.54) is 44.9 Å². The summed E-state index contributed by atoms with van der Waals surface area (Å²) in [7, 11) is 0. The predicted molar refractivity (Wildman–Crippen MR) is 82.2 cm³/mol. The van der Waals surface area contributed by atoms with E-state index in [0.29, 0.717) is 6.61 Å². The summed E-state index contributed by atoms with van der Waals surface area (Å²) in [6.07, 6.45) is 14.0. The SMILES string of the molecule is CCCCCCCCCC=C(CC)C(=O)OCCC. The highest BCUT2D eigenvalue weighted by atomic mass is 16.5. The van der Waals surface area contributed by atoms with Crippen LogP contribution in [-0.4, -0.2) is 12.6 Å². The first-order chi connectivity index (χ1) is 9.26. The summed E-state index contributed by atoms with van der Waals surface area (Å²) in [5.41, 5.74) is 0.847. The van der Waals surface area contributed by atoms with Crippen LogP contribution in [0.4, 0.5) is 0 Å². The fraction of sp³-hybridized carbons (Fsp3) is 0.824. The molecule has 0 aromatic heterocycles. The maximum atomic E-state index is 11.7. The van der Waals surface area contributed by atoms with Gasteiger partial charge in [0, 0.05) is 5.57 Å². The van der Waals surface area contributed by atoms with Crippen molar-refractivity contribution < 1.29 is 9.53 Å². The van der Waals surface area contributed by atoms with Gasteiger partial charge in [0.2, 0.25) is 0 Å². The number of ether oxygens (including phenoxy) is 1. The Balaban J connectivity index is 3.67. The number of allylic oxidation sites excluding steroid dienone is 1. The Morgan fingerprint density at radius 3 is 2.11 bits per heavy atom. The molecule has 0 atom stereocenters. The molecule has 0 unspecified atom stereocenters. The van der Waals surface area contributed by atoms with Crippen molar-refractivity contribution in [2.24, 2.45) is 0 Å². The van der Waals surface area contributed by atoms with E-state index in [9.17, 15) is 4.79 Å². The third kappa shape index (κ3) is 10.8. The first kappa shape index (κ1) is 18.2. The predicted octanol–water partition coefficient (Wildman–Crippen LogP) is 5.42. The zero-order valence-corrected chi connectivity index (χ0v) is 13.2. The van der Waals surface area contributed by atoms with Crippen molar-refractivity contribution in [1.29, 1.82) is 0 Å². The third-order valence-electron chi connectivity index (χ3n) is 3.28. The molecule has 0 amide bonds. The molecule has 0 radical (unpaired) electrons. The molecule has 0 aromatic carbocycles. The van der Waals surface area contributed by atoms with Crippen molar-refractivity contribution >= 4 is 5.97 Å². The van der Waals surface area contributed by atoms with Crippen LogP contribution < -0.4 is 0 Å². The molecule has 0 bridgehead atoms. The van der Waals surface area contributed by atoms with Gasteiger partial charge in [-0.25, -0.2) is 4.79 Å². The molecule has 0 heterocycles. The summed E-state index contributed by atoms with van der Waals surface area (Å²) in [6, 6.07) is 0. The summed E-state index contributed by atoms with van der Waals surface area (Å²) in [5.74, 6) is -0.118. The van der Waals surface area contributed by atoms with Gasteiger partial charge in [-0.3, -0.25) is 0 Å². The molecule has 0 saturated heterocycles. The molecule has 0 aliphatic rings. The van der Waals surface area contributed by atoms with Gasteiger partial charge < -0.3 is 4.74 Å². The summed E-state index contributed by atoms with van der Waals surface area (Å²) < 4.78 is 5.16. The normalized spacial score (nSPS) is 11.6. The Hall–Kier alpha value is -0.790. The lowest BCUT2D eigenvalue weighted by Crippen LogP contribution is -2.08. The monoisotopic (exact) mass is 268 g/mol. The number of hydrogen-bond acceptors (Lipinski definition) is 2. The fourth-order valence-electron chi connectivity index (χ4n) is 2.04. The van der Waals surface area contributed by atoms with E-state index in [0.717, 1.165) is 24.8 Å². The van der Waals surface area contributed by atoms with Gasteiger partial charge in [0.25, 0.3) is 0 Å². The van der Waals surface area contributed by atoms with E-state index in [1.54, 1.807) is 0 Å². The van der Waals surface area contributed by atoms with E-state index >= 15 is 0 Å². The fourth-order valence-corrected chi connectivity index (χ4v) is 2.04. The summed E-state index contributed by atoms with van der Waals surface area (Å²) in [5, 5.41) is 0. The molecule has 0 spiro atoms. The number of hydrogen-bond donors (Lipinski definition) is 0. The van der Waals surface area contributed by atoms with Crippen LogP contribution in [0.5, 0.6) is 0 Å². The molecule has 19 heavy (non-hydrogen) atoms. The van der Waals surface area contributed by atoms with E-state index in [2.05, 4.69) is 13.0 Å². The van der Waals surface area contributed by atoms with Gasteiger partial charge >= 0.3 is 5.97 Å². The molecular weight excluding hydrogens is 236 g/mol. The highest BCUT2D eigenvalue weighted by molar-refractivity contribution is 5.88. The van der Waals surface area contributed by atoms with Gasteiger partial charge in [0.05, 0.1) is 6.61 Å². The molecule has 112 valence electrons. The van der Waals surface area contributed by atoms with Crippen LogP contribution in [-0.2, 0) is 9.53 Å². The highest BCUT2D eigenvalue weighted by Crippen LogP contribution is 2.11. The minimum Gasteiger partial charge on any atom is -0.462 e. The van der Waals surface area contributed by atoms with Crippen LogP contribution in [0.25, 0.3) is 0 Å². The lowest BCUT2D eigenvalue weighted by Gasteiger charge is -2.05. The zero-order valence-electron chi connectivity index (χ0n) is 13.2. The van der Waals surface area contributed by atoms with Crippen molar-refractivity contribution in [3.8, 4) is 0 Å². The molecule has 2 heteroatoms. The lowest BCUT2D eigenvalue weighted by atomic mass is 10.1. The second kappa shape index (κ2) is 13.6. The van der Waals surface area contributed by atoms with Gasteiger partial charge in [-0.2, -0.15) is 0 Å². The van der Waals surface area contributed by atoms with E-state index < -0.39 is 0 Å². The molecule has 0 fully saturated rings. The zero-order chi connectivity index (χ0) is 14.3. The first-order valence-corrected chi connectivity index (χ1v) is 8.12. The number of rotatable bonds is 12. The average molecular weight is 268 g/mol. The Labute approximate surface area is 119 Å². The Morgan fingerprint density at radius 1 is 0.895 bits per heavy atom. The topological polar surface area (TPSA) is 26.3 Å². The van der Waals surface area contributed by atoms with Crippen molar-refractivity contribution in [1.82, 2.24) is 0 Å². The molecule has 0 saturated carbocycles. The summed E-state index contributed by atoms with van der Waals surface area (Å²) in [6.45, 7) is 6.81. The molecule has 0 aliphatic heterocycles. The van der Waals surface area contributed by atoms with E-state index in [1.807, 2.05) is 13.8 Å². The van der Waals surface area contributed by atoms with Crippen LogP contribution in [0, 0.1) is 0 Å². The van der Waals surface area contributed by atoms with E-state index in [4.69, 9.17) is 4.74 Å². The van der Waals surface area contributed by atoms with Gasteiger partial charge in [-0.15, -0.1) is 0 Å². The second-order valence-electron chi connectivity index (χ2n) is 5.13. The average Bonchev–Trinajstić information content (AvgIpc) is 2.43. The maximum Gasteiger partial charge on any atom is 0.333 e. The number of carbonyl (C=O) groups is 1. The lowest BCUT2D eigenvalue weighted by molar-refractivity contribution is -0.139. The molecule has 2 nitrogen and oxygen atoms in total. The van der Waals surface area contributed by atoms with Gasteiger partial charge in [0.15, 0.2) is 0 Å². The maximum absolute atomic E-state index is 11.7. The number of carbonyl (C=O) groups excluding carboxylic acids is 1. The van der Waals surface area contributed by atoms with Crippen molar-refractivity contribution in [3.05, 3.63) is 11.6 Å². The molecular formula is C17H32O2.